The molecule has 1 aromatic carbocycles. The molecule has 1 rings (SSSR count). The van der Waals surface area contributed by atoms with E-state index in [1.165, 1.54) is 0 Å². The molecule has 15 heteroatoms. The molecular formula is C12H3F15. The predicted molar refractivity (Wildman–Crippen MR) is 56.3 cm³/mol. The Balaban J connectivity index is 4.01. The molecule has 0 aliphatic carbocycles. The molecule has 0 fully saturated rings. The van der Waals surface area contributed by atoms with Crippen molar-refractivity contribution in [2.75, 3.05) is 0 Å². The van der Waals surface area contributed by atoms with Crippen LogP contribution < -0.4 is 0 Å². The third-order valence-corrected chi connectivity index (χ3v) is 3.16. The first kappa shape index (κ1) is 23.2. The Morgan fingerprint density at radius 2 is 0.704 bits per heavy atom. The lowest BCUT2D eigenvalue weighted by atomic mass is 9.85. The Bertz CT molecular complexity index is 654. The minimum atomic E-state index is -7.41. The summed E-state index contributed by atoms with van der Waals surface area (Å²) in [6.45, 7) is 0. The molecule has 0 saturated carbocycles. The van der Waals surface area contributed by atoms with E-state index in [2.05, 4.69) is 0 Å². The van der Waals surface area contributed by atoms with Gasteiger partial charge in [-0.15, -0.1) is 0 Å². The summed E-state index contributed by atoms with van der Waals surface area (Å²) in [5.74, 6) is -7.41. The number of hydrogen-bond donors (Lipinski definition) is 0. The standard InChI is InChI=1S/C12H3F15/c13-7(11(22,23)24,10(20,21)12(25,26)27)4-1-5(8(14,15)16)3-6(2-4)9(17,18)19/h1-3H. The van der Waals surface area contributed by atoms with E-state index in [1.54, 1.807) is 0 Å². The van der Waals surface area contributed by atoms with Gasteiger partial charge in [0.25, 0.3) is 0 Å². The molecule has 1 unspecified atom stereocenters. The van der Waals surface area contributed by atoms with Crippen LogP contribution in [0.3, 0.4) is 0 Å². The molecule has 0 aromatic heterocycles. The number of halogens is 15. The van der Waals surface area contributed by atoms with Gasteiger partial charge in [-0.3, -0.25) is 0 Å². The zero-order chi connectivity index (χ0) is 21.9. The Labute approximate surface area is 138 Å². The minimum absolute atomic E-state index is 0.869. The van der Waals surface area contributed by atoms with Gasteiger partial charge in [-0.25, -0.2) is 4.39 Å². The van der Waals surface area contributed by atoms with Crippen LogP contribution in [0.25, 0.3) is 0 Å². The van der Waals surface area contributed by atoms with E-state index in [0.717, 1.165) is 0 Å². The maximum atomic E-state index is 14.1. The van der Waals surface area contributed by atoms with Gasteiger partial charge in [0.1, 0.15) is 0 Å². The molecule has 0 nitrogen and oxygen atoms in total. The fourth-order valence-corrected chi connectivity index (χ4v) is 1.87. The molecule has 0 bridgehead atoms. The van der Waals surface area contributed by atoms with Crippen LogP contribution in [0.1, 0.15) is 16.7 Å². The van der Waals surface area contributed by atoms with E-state index in [-0.39, 0.29) is 0 Å². The first-order chi connectivity index (χ1) is 11.6. The molecule has 0 aliphatic heterocycles. The van der Waals surface area contributed by atoms with Gasteiger partial charge in [-0.1, -0.05) is 0 Å². The maximum Gasteiger partial charge on any atom is 0.457 e. The Kier molecular flexibility index (Phi) is 5.23. The largest absolute Gasteiger partial charge is 0.457 e. The normalized spacial score (nSPS) is 17.0. The average molecular weight is 432 g/mol. The van der Waals surface area contributed by atoms with Crippen molar-refractivity contribution in [2.24, 2.45) is 0 Å². The molecule has 0 radical (unpaired) electrons. The van der Waals surface area contributed by atoms with E-state index in [0.29, 0.717) is 0 Å². The predicted octanol–water partition coefficient (Wildman–Crippen LogP) is 6.65. The summed E-state index contributed by atoms with van der Waals surface area (Å²) in [4.78, 5) is 0. The van der Waals surface area contributed by atoms with Crippen LogP contribution in [0, 0.1) is 0 Å². The van der Waals surface area contributed by atoms with Crippen molar-refractivity contribution in [1.82, 2.24) is 0 Å². The fraction of sp³-hybridized carbons (Fsp3) is 0.500. The molecule has 0 saturated heterocycles. The van der Waals surface area contributed by atoms with E-state index in [4.69, 9.17) is 0 Å². The highest BCUT2D eigenvalue weighted by Crippen LogP contribution is 2.59. The van der Waals surface area contributed by atoms with Gasteiger partial charge in [-0.2, -0.15) is 61.5 Å². The van der Waals surface area contributed by atoms with Gasteiger partial charge >= 0.3 is 36.3 Å². The van der Waals surface area contributed by atoms with Crippen LogP contribution in [-0.2, 0) is 18.0 Å². The highest BCUT2D eigenvalue weighted by molar-refractivity contribution is 5.39. The van der Waals surface area contributed by atoms with E-state index in [9.17, 15) is 65.9 Å². The van der Waals surface area contributed by atoms with Crippen LogP contribution in [-0.4, -0.2) is 18.3 Å². The first-order valence-corrected chi connectivity index (χ1v) is 6.07. The van der Waals surface area contributed by atoms with Gasteiger partial charge < -0.3 is 0 Å². The Morgan fingerprint density at radius 1 is 0.407 bits per heavy atom. The SMILES string of the molecule is FC(F)(F)c1cc(C(F)(F)F)cc(C(F)(C(F)(F)F)C(F)(F)C(F)(F)F)c1. The molecule has 0 aliphatic rings. The highest BCUT2D eigenvalue weighted by Gasteiger charge is 2.82. The molecule has 156 valence electrons. The fourth-order valence-electron chi connectivity index (χ4n) is 1.87. The molecule has 1 atom stereocenters. The second kappa shape index (κ2) is 6.09. The van der Waals surface area contributed by atoms with Crippen molar-refractivity contribution in [1.29, 1.82) is 0 Å². The molecule has 0 amide bonds. The minimum Gasteiger partial charge on any atom is -0.221 e. The molecule has 0 heterocycles. The zero-order valence-electron chi connectivity index (χ0n) is 11.9. The number of benzene rings is 1. The molecular weight excluding hydrogens is 429 g/mol. The molecule has 0 N–H and O–H groups in total. The van der Waals surface area contributed by atoms with Crippen molar-refractivity contribution < 1.29 is 65.9 Å². The summed E-state index contributed by atoms with van der Waals surface area (Å²) >= 11 is 0. The summed E-state index contributed by atoms with van der Waals surface area (Å²) < 4.78 is 191. The number of hydrogen-bond acceptors (Lipinski definition) is 0. The van der Waals surface area contributed by atoms with Crippen molar-refractivity contribution in [3.05, 3.63) is 34.9 Å². The van der Waals surface area contributed by atoms with Gasteiger partial charge in [-0.05, 0) is 18.2 Å². The molecule has 0 spiro atoms. The zero-order valence-corrected chi connectivity index (χ0v) is 11.9. The lowest BCUT2D eigenvalue weighted by Gasteiger charge is -2.36. The van der Waals surface area contributed by atoms with Crippen molar-refractivity contribution in [2.45, 2.75) is 36.3 Å². The van der Waals surface area contributed by atoms with Gasteiger partial charge in [0.15, 0.2) is 0 Å². The van der Waals surface area contributed by atoms with E-state index >= 15 is 0 Å². The molecule has 27 heavy (non-hydrogen) atoms. The maximum absolute atomic E-state index is 14.1. The first-order valence-electron chi connectivity index (χ1n) is 6.07. The summed E-state index contributed by atoms with van der Waals surface area (Å²) in [5.41, 5.74) is -15.6. The summed E-state index contributed by atoms with van der Waals surface area (Å²) in [7, 11) is 0. The lowest BCUT2D eigenvalue weighted by Crippen LogP contribution is -2.59. The van der Waals surface area contributed by atoms with Crippen LogP contribution in [0.4, 0.5) is 65.9 Å². The average Bonchev–Trinajstić information content (AvgIpc) is 2.41. The van der Waals surface area contributed by atoms with Crippen LogP contribution in [0.15, 0.2) is 18.2 Å². The third-order valence-electron chi connectivity index (χ3n) is 3.16. The molecule has 1 aromatic rings. The van der Waals surface area contributed by atoms with Crippen molar-refractivity contribution >= 4 is 0 Å². The summed E-state index contributed by atoms with van der Waals surface area (Å²) in [5, 5.41) is 0. The van der Waals surface area contributed by atoms with Crippen LogP contribution in [0.5, 0.6) is 0 Å². The van der Waals surface area contributed by atoms with Gasteiger partial charge in [0.05, 0.1) is 11.1 Å². The topological polar surface area (TPSA) is 0 Å². The van der Waals surface area contributed by atoms with E-state index in [1.807, 2.05) is 0 Å². The third kappa shape index (κ3) is 3.90. The van der Waals surface area contributed by atoms with Crippen LogP contribution in [0.2, 0.25) is 0 Å². The number of rotatable bonds is 2. The van der Waals surface area contributed by atoms with Gasteiger partial charge in [0, 0.05) is 5.56 Å². The second-order valence-electron chi connectivity index (χ2n) is 5.02. The van der Waals surface area contributed by atoms with Gasteiger partial charge in [0.2, 0.25) is 0 Å². The Morgan fingerprint density at radius 3 is 0.926 bits per heavy atom. The monoisotopic (exact) mass is 432 g/mol. The smallest absolute Gasteiger partial charge is 0.221 e. The second-order valence-corrected chi connectivity index (χ2v) is 5.02. The summed E-state index contributed by atoms with van der Waals surface area (Å²) in [6.07, 6.45) is -26.4. The number of alkyl halides is 15. The van der Waals surface area contributed by atoms with Crippen molar-refractivity contribution in [3.8, 4) is 0 Å². The van der Waals surface area contributed by atoms with Crippen LogP contribution >= 0.6 is 0 Å². The quantitative estimate of drug-likeness (QED) is 0.460. The highest BCUT2D eigenvalue weighted by atomic mass is 19.4. The van der Waals surface area contributed by atoms with Crippen molar-refractivity contribution in [3.63, 3.8) is 0 Å². The lowest BCUT2D eigenvalue weighted by molar-refractivity contribution is -0.389. The summed E-state index contributed by atoms with van der Waals surface area (Å²) in [6, 6.07) is -3.25. The Hall–Kier alpha value is -1.83. The van der Waals surface area contributed by atoms with E-state index < -0.39 is 71.2 Å².